The van der Waals surface area contributed by atoms with Crippen molar-refractivity contribution >= 4 is 18.6 Å². The van der Waals surface area contributed by atoms with Crippen molar-refractivity contribution in [2.45, 2.75) is 90.3 Å². The summed E-state index contributed by atoms with van der Waals surface area (Å²) in [5.74, 6) is -2.00. The molecule has 3 aliphatic rings. The molecule has 15 N–H and O–H groups in total. The van der Waals surface area contributed by atoms with Crippen molar-refractivity contribution in [3.05, 3.63) is 0 Å². The first-order chi connectivity index (χ1) is 17.7. The minimum Gasteiger partial charge on any atom is -0.479 e. The molecule has 0 radical (unpaired) electrons. The van der Waals surface area contributed by atoms with Crippen molar-refractivity contribution in [1.82, 2.24) is 0 Å². The van der Waals surface area contributed by atoms with E-state index in [1.807, 2.05) is 0 Å². The molecule has 3 rings (SSSR count). The summed E-state index contributed by atoms with van der Waals surface area (Å²) < 4.78 is 27.2. The highest BCUT2D eigenvalue weighted by molar-refractivity contribution is 7.81. The summed E-state index contributed by atoms with van der Waals surface area (Å²) in [6.45, 7) is -2.75. The third kappa shape index (κ3) is 5.29. The number of aliphatic hydroxyl groups excluding tert-OH is 7. The number of aliphatic hydroxyl groups is 8. The second-order valence-corrected chi connectivity index (χ2v) is 10.1. The molecule has 3 aliphatic heterocycles. The summed E-state index contributed by atoms with van der Waals surface area (Å²) in [7, 11) is 0. The Balaban J connectivity index is 1.79. The molecular weight excluding hydrogens is 542 g/mol. The molecule has 3 heterocycles. The van der Waals surface area contributed by atoms with Gasteiger partial charge in [-0.05, 0) is 0 Å². The van der Waals surface area contributed by atoms with Crippen LogP contribution in [0.1, 0.15) is 0 Å². The van der Waals surface area contributed by atoms with Crippen LogP contribution in [-0.4, -0.2) is 162 Å². The van der Waals surface area contributed by atoms with Gasteiger partial charge in [0.25, 0.3) is 0 Å². The molecule has 15 atom stereocenters. The summed E-state index contributed by atoms with van der Waals surface area (Å²) in [5, 5.41) is 90.6. The van der Waals surface area contributed by atoms with Crippen LogP contribution in [0.15, 0.2) is 0 Å². The van der Waals surface area contributed by atoms with Gasteiger partial charge in [0.05, 0.1) is 37.9 Å². The Kier molecular flexibility index (Phi) is 9.98. The molecule has 3 saturated heterocycles. The van der Waals surface area contributed by atoms with Crippen molar-refractivity contribution in [1.29, 1.82) is 0 Å². The SMILES string of the molecule is N[C@H]1[C@@H](OC2[C@@H](CO)O[C@@H](OC3[C@@H](CO)O[C@@H](O)[C@H](N)[C@H]3O)[C@H](N)[C@H]2O)O[C@@](S)(CO)[C@@](O)(C(=O)O)[C@@H]1O. The number of nitrogens with two attached hydrogens (primary N) is 3. The monoisotopic (exact) mass is 577 g/mol. The van der Waals surface area contributed by atoms with E-state index in [-0.39, 0.29) is 0 Å². The number of hydrogen-bond acceptors (Lipinski definition) is 18. The number of aliphatic carboxylic acids is 1. The molecule has 0 bridgehead atoms. The van der Waals surface area contributed by atoms with Gasteiger partial charge in [0.1, 0.15) is 42.7 Å². The van der Waals surface area contributed by atoms with Crippen LogP contribution in [0.3, 0.4) is 0 Å². The van der Waals surface area contributed by atoms with Gasteiger partial charge in [-0.1, -0.05) is 0 Å². The Hall–Kier alpha value is -0.820. The van der Waals surface area contributed by atoms with Crippen LogP contribution < -0.4 is 17.2 Å². The molecular formula is C19H35N3O15S. The molecule has 19 heteroatoms. The van der Waals surface area contributed by atoms with Gasteiger partial charge in [0.15, 0.2) is 23.8 Å². The van der Waals surface area contributed by atoms with Crippen LogP contribution in [0.5, 0.6) is 0 Å². The lowest BCUT2D eigenvalue weighted by molar-refractivity contribution is -0.358. The summed E-state index contributed by atoms with van der Waals surface area (Å²) >= 11 is 3.89. The Bertz CT molecular complexity index is 830. The zero-order valence-corrected chi connectivity index (χ0v) is 20.7. The van der Waals surface area contributed by atoms with Crippen LogP contribution in [0.4, 0.5) is 0 Å². The Morgan fingerprint density at radius 1 is 0.842 bits per heavy atom. The fraction of sp³-hybridized carbons (Fsp3) is 0.947. The van der Waals surface area contributed by atoms with E-state index in [0.29, 0.717) is 0 Å². The third-order valence-corrected chi connectivity index (χ3v) is 7.55. The number of hydrogen-bond donors (Lipinski definition) is 13. The average molecular weight is 578 g/mol. The maximum atomic E-state index is 11.7. The Labute approximate surface area is 220 Å². The van der Waals surface area contributed by atoms with Gasteiger partial charge in [-0.2, -0.15) is 0 Å². The normalized spacial score (nSPS) is 52.1. The van der Waals surface area contributed by atoms with Crippen molar-refractivity contribution in [3.8, 4) is 0 Å². The van der Waals surface area contributed by atoms with Crippen molar-refractivity contribution in [2.75, 3.05) is 19.8 Å². The first-order valence-electron chi connectivity index (χ1n) is 11.5. The predicted octanol–water partition coefficient (Wildman–Crippen LogP) is -7.96. The molecule has 0 aromatic carbocycles. The average Bonchev–Trinajstić information content (AvgIpc) is 2.89. The molecule has 0 spiro atoms. The largest absolute Gasteiger partial charge is 0.479 e. The smallest absolute Gasteiger partial charge is 0.342 e. The predicted molar refractivity (Wildman–Crippen MR) is 122 cm³/mol. The summed E-state index contributed by atoms with van der Waals surface area (Å²) in [5.41, 5.74) is 14.4. The Morgan fingerprint density at radius 3 is 1.84 bits per heavy atom. The Morgan fingerprint density at radius 2 is 1.34 bits per heavy atom. The molecule has 0 aromatic rings. The molecule has 38 heavy (non-hydrogen) atoms. The summed E-state index contributed by atoms with van der Waals surface area (Å²) in [6, 6.07) is -4.56. The van der Waals surface area contributed by atoms with Gasteiger partial charge in [0.2, 0.25) is 5.60 Å². The second kappa shape index (κ2) is 12.0. The van der Waals surface area contributed by atoms with E-state index >= 15 is 0 Å². The van der Waals surface area contributed by atoms with Crippen molar-refractivity contribution in [3.63, 3.8) is 0 Å². The lowest BCUT2D eigenvalue weighted by Crippen LogP contribution is -2.77. The van der Waals surface area contributed by atoms with Crippen molar-refractivity contribution in [2.24, 2.45) is 17.2 Å². The maximum absolute atomic E-state index is 11.7. The van der Waals surface area contributed by atoms with Gasteiger partial charge in [-0.3, -0.25) is 0 Å². The molecule has 0 aliphatic carbocycles. The van der Waals surface area contributed by atoms with E-state index in [2.05, 4.69) is 12.6 Å². The minimum absolute atomic E-state index is 0.705. The molecule has 0 aromatic heterocycles. The quantitative estimate of drug-likeness (QED) is 0.119. The minimum atomic E-state index is -3.17. The highest BCUT2D eigenvalue weighted by atomic mass is 32.1. The van der Waals surface area contributed by atoms with E-state index in [4.69, 9.17) is 40.9 Å². The third-order valence-electron chi connectivity index (χ3n) is 6.96. The number of carbonyl (C=O) groups is 1. The van der Waals surface area contributed by atoms with E-state index in [1.54, 1.807) is 0 Å². The van der Waals surface area contributed by atoms with Crippen molar-refractivity contribution < 1.29 is 74.4 Å². The van der Waals surface area contributed by atoms with Gasteiger partial charge in [0, 0.05) is 0 Å². The fourth-order valence-corrected chi connectivity index (χ4v) is 4.88. The van der Waals surface area contributed by atoms with Crippen LogP contribution >= 0.6 is 12.6 Å². The number of carboxylic acid groups (broad SMARTS) is 1. The molecule has 222 valence electrons. The molecule has 0 saturated carbocycles. The van der Waals surface area contributed by atoms with Crippen LogP contribution in [0, 0.1) is 0 Å². The molecule has 0 amide bonds. The first-order valence-corrected chi connectivity index (χ1v) is 11.9. The maximum Gasteiger partial charge on any atom is 0.342 e. The molecule has 3 fully saturated rings. The fourth-order valence-electron chi connectivity index (χ4n) is 4.55. The highest BCUT2D eigenvalue weighted by Crippen LogP contribution is 2.42. The zero-order chi connectivity index (χ0) is 28.7. The molecule has 2 unspecified atom stereocenters. The number of thiol groups is 1. The lowest BCUT2D eigenvalue weighted by Gasteiger charge is -2.52. The first kappa shape index (κ1) is 31.7. The number of ether oxygens (including phenoxy) is 5. The van der Waals surface area contributed by atoms with E-state index in [0.717, 1.165) is 0 Å². The van der Waals surface area contributed by atoms with Gasteiger partial charge in [-0.25, -0.2) is 4.79 Å². The highest BCUT2D eigenvalue weighted by Gasteiger charge is 2.67. The van der Waals surface area contributed by atoms with E-state index < -0.39 is 116 Å². The second-order valence-electron chi connectivity index (χ2n) is 9.33. The molecule has 18 nitrogen and oxygen atoms in total. The van der Waals surface area contributed by atoms with Crippen LogP contribution in [0.25, 0.3) is 0 Å². The van der Waals surface area contributed by atoms with Crippen LogP contribution in [0.2, 0.25) is 0 Å². The number of rotatable bonds is 8. The standard InChI is InChI=1S/C19H35N3O15S/c20-6-9(26)11(4(1-23)33-14(6)29)35-15-7(21)10(27)12(5(2-24)34-15)36-16-8(22)13(28)19(32,17(30)31)18(38,3-25)37-16/h4-16,23-29,32,38H,1-3,20-22H2,(H,30,31)/t4-,5-,6-,7-,8-,9-,10-,11?,12?,13-,14-,15+,16+,18-,19+/m1/s1. The van der Waals surface area contributed by atoms with Crippen LogP contribution in [-0.2, 0) is 28.5 Å². The zero-order valence-electron chi connectivity index (χ0n) is 19.8. The lowest BCUT2D eigenvalue weighted by atomic mass is 9.82. The van der Waals surface area contributed by atoms with Gasteiger partial charge < -0.3 is 86.8 Å². The number of carboxylic acids is 1. The van der Waals surface area contributed by atoms with E-state index in [1.165, 1.54) is 0 Å². The van der Waals surface area contributed by atoms with Gasteiger partial charge >= 0.3 is 5.97 Å². The summed E-state index contributed by atoms with van der Waals surface area (Å²) in [4.78, 5) is 9.05. The van der Waals surface area contributed by atoms with E-state index in [9.17, 15) is 50.8 Å². The van der Waals surface area contributed by atoms with Gasteiger partial charge in [-0.15, -0.1) is 12.6 Å². The summed E-state index contributed by atoms with van der Waals surface area (Å²) in [6.07, 6.45) is -16.2. The topological polar surface area (TPSA) is 323 Å².